The second-order valence-corrected chi connectivity index (χ2v) is 20.8. The average molecular weight is 945 g/mol. The van der Waals surface area contributed by atoms with E-state index in [0.717, 1.165) is 28.0 Å². The van der Waals surface area contributed by atoms with Gasteiger partial charge in [-0.2, -0.15) is 4.68 Å². The van der Waals surface area contributed by atoms with E-state index >= 15 is 0 Å². The van der Waals surface area contributed by atoms with E-state index < -0.39 is 76.1 Å². The molecule has 3 atom stereocenters. The third kappa shape index (κ3) is 16.5. The van der Waals surface area contributed by atoms with Crippen LogP contribution in [0.3, 0.4) is 0 Å². The molecule has 1 aliphatic heterocycles. The molecule has 66 heavy (non-hydrogen) atoms. The van der Waals surface area contributed by atoms with Crippen molar-refractivity contribution in [3.8, 4) is 16.9 Å². The van der Waals surface area contributed by atoms with E-state index in [0.29, 0.717) is 31.7 Å². The van der Waals surface area contributed by atoms with Gasteiger partial charge >= 0.3 is 30.2 Å². The molecule has 2 aromatic heterocycles. The number of benzene rings is 1. The van der Waals surface area contributed by atoms with Crippen molar-refractivity contribution >= 4 is 52.4 Å². The molecule has 3 unspecified atom stereocenters. The Hall–Kier alpha value is -5.96. The van der Waals surface area contributed by atoms with Gasteiger partial charge in [-0.1, -0.05) is 11.2 Å². The van der Waals surface area contributed by atoms with Crippen LogP contribution in [0.15, 0.2) is 41.1 Å². The number of carbonyl (C=O) groups excluding carboxylic acids is 4. The number of nitrogens with one attached hydrogen (secondary N) is 3. The van der Waals surface area contributed by atoms with Gasteiger partial charge in [-0.05, 0) is 126 Å². The molecule has 0 radical (unpaired) electrons. The Morgan fingerprint density at radius 1 is 0.879 bits per heavy atom. The van der Waals surface area contributed by atoms with Gasteiger partial charge in [0.2, 0.25) is 11.9 Å². The molecule has 364 valence electrons. The number of aliphatic carboxylic acids is 1. The van der Waals surface area contributed by atoms with Crippen LogP contribution in [0.25, 0.3) is 11.1 Å². The van der Waals surface area contributed by atoms with E-state index in [1.807, 2.05) is 33.9 Å². The Morgan fingerprint density at radius 2 is 1.48 bits per heavy atom. The molecular weight excluding hydrogens is 879 g/mol. The van der Waals surface area contributed by atoms with Crippen LogP contribution in [-0.4, -0.2) is 109 Å². The summed E-state index contributed by atoms with van der Waals surface area (Å²) in [5.74, 6) is -1.88. The van der Waals surface area contributed by atoms with E-state index in [1.54, 1.807) is 89.2 Å². The highest BCUT2D eigenvalue weighted by atomic mass is 32.1. The van der Waals surface area contributed by atoms with Crippen LogP contribution in [0.4, 0.5) is 19.5 Å². The van der Waals surface area contributed by atoms with E-state index in [-0.39, 0.29) is 30.3 Å². The van der Waals surface area contributed by atoms with Gasteiger partial charge in [0.05, 0.1) is 17.9 Å². The van der Waals surface area contributed by atoms with Gasteiger partial charge in [-0.25, -0.2) is 29.0 Å². The maximum atomic E-state index is 13.9. The highest BCUT2D eigenvalue weighted by Crippen LogP contribution is 2.37. The van der Waals surface area contributed by atoms with Crippen LogP contribution in [0, 0.1) is 0 Å². The maximum Gasteiger partial charge on any atom is 0.413 e. The molecule has 0 bridgehead atoms. The number of ether oxygens (including phenoxy) is 5. The standard InChI is InChI=1S/C45H65N7O13S/c1-41(2,3)61-36(56)45(13,65-50-34(35(54)55)31-26-66-37(48-31)49-40(59)64-44(10,11)12)33-18-16-28-21-27(15-17-32(28)60-33)29-23-51(20-14-19-46-38(57)62-42(4,5)6)52(24-29)25-30(53)22-47-39(58)63-43(7,8)9/h15,17,21,23-24,26,30,33,53H,14,16,18-20,22,25H2,1-13H3,(H3-,46,47,48,49,54,55,57,58,59)/p+1/b50-34-. The predicted octanol–water partition coefficient (Wildman–Crippen LogP) is 6.35. The van der Waals surface area contributed by atoms with Gasteiger partial charge in [0.1, 0.15) is 40.4 Å². The summed E-state index contributed by atoms with van der Waals surface area (Å²) in [4.78, 5) is 73.3. The lowest BCUT2D eigenvalue weighted by atomic mass is 9.89. The van der Waals surface area contributed by atoms with Gasteiger partial charge in [0.25, 0.3) is 5.60 Å². The number of amides is 3. The van der Waals surface area contributed by atoms with Gasteiger partial charge in [0.15, 0.2) is 17.8 Å². The molecule has 20 nitrogen and oxygen atoms in total. The van der Waals surface area contributed by atoms with E-state index in [9.17, 15) is 34.2 Å². The number of nitrogens with zero attached hydrogens (tertiary/aromatic N) is 4. The number of carboxylic acids is 1. The number of aromatic nitrogens is 3. The van der Waals surface area contributed by atoms with E-state index in [1.165, 1.54) is 12.3 Å². The number of carbonyl (C=O) groups is 5. The van der Waals surface area contributed by atoms with Gasteiger partial charge in [0, 0.05) is 24.9 Å². The van der Waals surface area contributed by atoms with E-state index in [2.05, 4.69) is 26.1 Å². The largest absolute Gasteiger partial charge is 0.485 e. The van der Waals surface area contributed by atoms with Crippen molar-refractivity contribution in [3.63, 3.8) is 0 Å². The molecule has 0 aliphatic carbocycles. The first-order valence-corrected chi connectivity index (χ1v) is 22.5. The van der Waals surface area contributed by atoms with Crippen LogP contribution >= 0.6 is 11.3 Å². The molecule has 0 spiro atoms. The quantitative estimate of drug-likeness (QED) is 0.0262. The third-order valence-electron chi connectivity index (χ3n) is 9.06. The SMILES string of the molecule is CC(C)(C)OC(=O)NCCC[n+]1cc(-c2ccc3c(c2)CCC(C(C)(O/N=C(\C(=O)O)c2csc(NC(=O)OC(C)(C)C)n2)C(=O)OC(C)(C)C)O3)cn1CC(O)CNC(=O)OC(C)(C)C. The Kier molecular flexibility index (Phi) is 16.9. The summed E-state index contributed by atoms with van der Waals surface area (Å²) in [6.07, 6.45) is 1.07. The number of esters is 1. The van der Waals surface area contributed by atoms with Crippen LogP contribution in [0.2, 0.25) is 0 Å². The molecule has 0 saturated carbocycles. The fourth-order valence-electron chi connectivity index (χ4n) is 6.27. The van der Waals surface area contributed by atoms with Crippen LogP contribution in [0.5, 0.6) is 5.75 Å². The average Bonchev–Trinajstić information content (AvgIpc) is 3.78. The second-order valence-electron chi connectivity index (χ2n) is 19.9. The summed E-state index contributed by atoms with van der Waals surface area (Å²) in [5, 5.41) is 34.3. The molecule has 1 aromatic carbocycles. The Balaban J connectivity index is 1.58. The molecule has 1 aliphatic rings. The molecule has 3 amide bonds. The first-order valence-electron chi connectivity index (χ1n) is 21.6. The highest BCUT2D eigenvalue weighted by Gasteiger charge is 2.51. The van der Waals surface area contributed by atoms with Crippen LogP contribution < -0.4 is 25.4 Å². The fraction of sp³-hybridized carbons (Fsp3) is 0.600. The fourth-order valence-corrected chi connectivity index (χ4v) is 6.95. The van der Waals surface area contributed by atoms with Crippen molar-refractivity contribution in [2.24, 2.45) is 5.16 Å². The number of aryl methyl sites for hydroxylation is 2. The predicted molar refractivity (Wildman–Crippen MR) is 243 cm³/mol. The summed E-state index contributed by atoms with van der Waals surface area (Å²) >= 11 is 0.943. The number of oxime groups is 1. The molecular formula is C45H66N7O13S+. The lowest BCUT2D eigenvalue weighted by molar-refractivity contribution is -0.776. The zero-order valence-corrected chi connectivity index (χ0v) is 41.0. The minimum Gasteiger partial charge on any atom is -0.485 e. The van der Waals surface area contributed by atoms with Crippen molar-refractivity contribution in [3.05, 3.63) is 47.2 Å². The number of aliphatic hydroxyl groups excluding tert-OH is 1. The second kappa shape index (κ2) is 21.1. The number of carboxylic acid groups (broad SMARTS) is 1. The number of aliphatic hydroxyl groups is 1. The van der Waals surface area contributed by atoms with Crippen LogP contribution in [0.1, 0.15) is 114 Å². The van der Waals surface area contributed by atoms with Crippen LogP contribution in [-0.2, 0) is 52.9 Å². The van der Waals surface area contributed by atoms with Gasteiger partial charge in [-0.15, -0.1) is 16.0 Å². The minimum absolute atomic E-state index is 0.0545. The lowest BCUT2D eigenvalue weighted by Crippen LogP contribution is -2.54. The Morgan fingerprint density at radius 3 is 2.09 bits per heavy atom. The monoisotopic (exact) mass is 944 g/mol. The summed E-state index contributed by atoms with van der Waals surface area (Å²) < 4.78 is 31.8. The molecule has 0 fully saturated rings. The minimum atomic E-state index is -1.95. The number of hydrogen-bond acceptors (Lipinski definition) is 15. The molecule has 3 heterocycles. The van der Waals surface area contributed by atoms with Crippen molar-refractivity contribution in [2.75, 3.05) is 18.4 Å². The van der Waals surface area contributed by atoms with Crippen molar-refractivity contribution in [1.29, 1.82) is 0 Å². The summed E-state index contributed by atoms with van der Waals surface area (Å²) in [7, 11) is 0. The zero-order valence-electron chi connectivity index (χ0n) is 40.2. The topological polar surface area (TPSA) is 251 Å². The number of rotatable bonds is 16. The van der Waals surface area contributed by atoms with Crippen molar-refractivity contribution in [1.82, 2.24) is 20.3 Å². The number of fused-ring (bicyclic) bond motifs is 1. The Bertz CT molecular complexity index is 2250. The lowest BCUT2D eigenvalue weighted by Gasteiger charge is -2.37. The summed E-state index contributed by atoms with van der Waals surface area (Å²) in [6.45, 7) is 23.0. The Labute approximate surface area is 389 Å². The van der Waals surface area contributed by atoms with Crippen molar-refractivity contribution in [2.45, 2.75) is 163 Å². The summed E-state index contributed by atoms with van der Waals surface area (Å²) in [6, 6.07) is 5.56. The summed E-state index contributed by atoms with van der Waals surface area (Å²) in [5.41, 5.74) is -3.34. The number of thiazole rings is 1. The third-order valence-corrected chi connectivity index (χ3v) is 9.82. The first kappa shape index (κ1) is 52.7. The zero-order chi connectivity index (χ0) is 49.4. The van der Waals surface area contributed by atoms with Gasteiger partial charge in [-0.3, -0.25) is 5.32 Å². The number of alkyl carbamates (subject to hydrolysis) is 2. The molecule has 0 saturated heterocycles. The normalized spacial score (nSPS) is 15.8. The number of hydrogen-bond donors (Lipinski definition) is 5. The molecule has 4 rings (SSSR count). The number of anilines is 1. The molecule has 3 aromatic rings. The maximum absolute atomic E-state index is 13.9. The van der Waals surface area contributed by atoms with Crippen molar-refractivity contribution < 1.29 is 67.4 Å². The molecule has 5 N–H and O–H groups in total. The smallest absolute Gasteiger partial charge is 0.413 e. The highest BCUT2D eigenvalue weighted by molar-refractivity contribution is 7.14. The van der Waals surface area contributed by atoms with E-state index in [4.69, 9.17) is 28.5 Å². The molecule has 21 heteroatoms. The van der Waals surface area contributed by atoms with Gasteiger partial charge < -0.3 is 49.4 Å². The first-order chi connectivity index (χ1) is 30.4.